The lowest BCUT2D eigenvalue weighted by Crippen LogP contribution is -2.38. The first-order chi connectivity index (χ1) is 17.7. The van der Waals surface area contributed by atoms with Crippen molar-refractivity contribution in [2.24, 2.45) is 5.92 Å². The fraction of sp³-hybridized carbons (Fsp3) is 0.375. The minimum absolute atomic E-state index is 0.00847. The molecule has 1 saturated heterocycles. The molecule has 0 atom stereocenters. The van der Waals surface area contributed by atoms with E-state index in [1.54, 1.807) is 23.3 Å². The Balaban J connectivity index is 1.45. The molecule has 4 rings (SSSR count). The van der Waals surface area contributed by atoms with Gasteiger partial charge in [0.25, 0.3) is 5.91 Å². The molecule has 0 radical (unpaired) electrons. The molecular weight excluding hydrogens is 543 g/mol. The molecule has 4 heterocycles. The summed E-state index contributed by atoms with van der Waals surface area (Å²) in [5, 5.41) is 5.22. The minimum Gasteiger partial charge on any atom is -0.466 e. The second kappa shape index (κ2) is 12.0. The smallest absolute Gasteiger partial charge is 0.309 e. The van der Waals surface area contributed by atoms with Crippen molar-refractivity contribution < 1.29 is 28.2 Å². The van der Waals surface area contributed by atoms with Gasteiger partial charge in [-0.1, -0.05) is 22.9 Å². The lowest BCUT2D eigenvalue weighted by atomic mass is 9.97. The molecule has 1 aliphatic heterocycles. The number of esters is 2. The number of ether oxygens (including phenoxy) is 2. The zero-order valence-corrected chi connectivity index (χ0v) is 22.5. The van der Waals surface area contributed by atoms with Crippen LogP contribution in [0.15, 0.2) is 23.7 Å². The molecule has 0 bridgehead atoms. The van der Waals surface area contributed by atoms with Gasteiger partial charge in [-0.15, -0.1) is 11.3 Å². The van der Waals surface area contributed by atoms with E-state index in [0.717, 1.165) is 22.3 Å². The number of anilines is 2. The van der Waals surface area contributed by atoms with Gasteiger partial charge in [-0.25, -0.2) is 14.4 Å². The topological polar surface area (TPSA) is 111 Å². The van der Waals surface area contributed by atoms with Crippen LogP contribution < -0.4 is 10.2 Å². The summed E-state index contributed by atoms with van der Waals surface area (Å²) in [5.41, 5.74) is 0.574. The maximum Gasteiger partial charge on any atom is 0.309 e. The molecule has 3 aromatic rings. The monoisotopic (exact) mass is 566 g/mol. The molecule has 3 aromatic heterocycles. The highest BCUT2D eigenvalue weighted by atomic mass is 35.5. The third kappa shape index (κ3) is 6.62. The maximum absolute atomic E-state index is 14.9. The Morgan fingerprint density at radius 3 is 2.62 bits per heavy atom. The first kappa shape index (κ1) is 27.0. The van der Waals surface area contributed by atoms with Crippen molar-refractivity contribution in [3.05, 3.63) is 45.0 Å². The van der Waals surface area contributed by atoms with Crippen molar-refractivity contribution in [2.75, 3.05) is 29.9 Å². The maximum atomic E-state index is 14.9. The summed E-state index contributed by atoms with van der Waals surface area (Å²) in [7, 11) is 0. The Hall–Kier alpha value is -3.09. The largest absolute Gasteiger partial charge is 0.466 e. The van der Waals surface area contributed by atoms with Gasteiger partial charge in [-0.2, -0.15) is 0 Å². The molecule has 0 spiro atoms. The highest BCUT2D eigenvalue weighted by molar-refractivity contribution is 7.17. The molecule has 1 fully saturated rings. The summed E-state index contributed by atoms with van der Waals surface area (Å²) in [4.78, 5) is 47.9. The predicted molar refractivity (Wildman–Crippen MR) is 140 cm³/mol. The summed E-state index contributed by atoms with van der Waals surface area (Å²) < 4.78 is 25.1. The average molecular weight is 567 g/mol. The van der Waals surface area contributed by atoms with Crippen molar-refractivity contribution in [1.29, 1.82) is 0 Å². The normalized spacial score (nSPS) is 13.9. The highest BCUT2D eigenvalue weighted by Crippen LogP contribution is 2.36. The van der Waals surface area contributed by atoms with Crippen LogP contribution in [-0.4, -0.2) is 47.5 Å². The van der Waals surface area contributed by atoms with Crippen LogP contribution in [0.25, 0.3) is 10.6 Å². The average Bonchev–Trinajstić information content (AvgIpc) is 3.48. The third-order valence-electron chi connectivity index (χ3n) is 5.62. The molecule has 37 heavy (non-hydrogen) atoms. The van der Waals surface area contributed by atoms with E-state index in [9.17, 15) is 18.8 Å². The van der Waals surface area contributed by atoms with Crippen molar-refractivity contribution in [3.63, 3.8) is 0 Å². The van der Waals surface area contributed by atoms with E-state index < -0.39 is 17.7 Å². The summed E-state index contributed by atoms with van der Waals surface area (Å²) in [6.45, 7) is 4.30. The molecule has 0 aliphatic carbocycles. The van der Waals surface area contributed by atoms with Gasteiger partial charge in [0.1, 0.15) is 12.3 Å². The second-order valence-corrected chi connectivity index (χ2v) is 10.6. The summed E-state index contributed by atoms with van der Waals surface area (Å²) in [6, 6.07) is 2.86. The molecule has 1 aliphatic rings. The van der Waals surface area contributed by atoms with E-state index in [4.69, 9.17) is 21.1 Å². The Bertz CT molecular complexity index is 1310. The molecule has 1 amide bonds. The Morgan fingerprint density at radius 2 is 2.00 bits per heavy atom. The number of rotatable bonds is 8. The van der Waals surface area contributed by atoms with Crippen LogP contribution in [0.4, 0.5) is 15.3 Å². The first-order valence-corrected chi connectivity index (χ1v) is 13.6. The number of carbonyl (C=O) groups excluding carboxylic acids is 3. The van der Waals surface area contributed by atoms with Gasteiger partial charge >= 0.3 is 11.9 Å². The van der Waals surface area contributed by atoms with E-state index in [1.165, 1.54) is 24.5 Å². The van der Waals surface area contributed by atoms with Crippen molar-refractivity contribution in [3.8, 4) is 10.6 Å². The van der Waals surface area contributed by atoms with Gasteiger partial charge in [0.15, 0.2) is 16.8 Å². The number of piperidine rings is 1. The Labute approximate surface area is 225 Å². The van der Waals surface area contributed by atoms with Crippen LogP contribution in [0, 0.1) is 11.7 Å². The Morgan fingerprint density at radius 1 is 1.24 bits per heavy atom. The molecule has 0 saturated carbocycles. The second-order valence-electron chi connectivity index (χ2n) is 8.20. The Kier molecular flexibility index (Phi) is 8.72. The zero-order valence-electron chi connectivity index (χ0n) is 20.1. The van der Waals surface area contributed by atoms with E-state index in [0.29, 0.717) is 48.1 Å². The fourth-order valence-electron chi connectivity index (χ4n) is 3.84. The van der Waals surface area contributed by atoms with E-state index in [-0.39, 0.29) is 35.0 Å². The van der Waals surface area contributed by atoms with Gasteiger partial charge in [-0.3, -0.25) is 19.7 Å². The summed E-state index contributed by atoms with van der Waals surface area (Å²) >= 11 is 8.56. The van der Waals surface area contributed by atoms with E-state index >= 15 is 0 Å². The van der Waals surface area contributed by atoms with E-state index in [2.05, 4.69) is 15.3 Å². The van der Waals surface area contributed by atoms with Gasteiger partial charge in [0, 0.05) is 31.6 Å². The number of halogens is 2. The van der Waals surface area contributed by atoms with Crippen LogP contribution >= 0.6 is 34.3 Å². The number of hydrogen-bond donors (Lipinski definition) is 1. The number of nitrogens with one attached hydrogen (secondary N) is 1. The molecule has 0 aromatic carbocycles. The molecule has 196 valence electrons. The van der Waals surface area contributed by atoms with Crippen molar-refractivity contribution in [1.82, 2.24) is 9.97 Å². The minimum atomic E-state index is -0.633. The number of carbonyl (C=O) groups is 3. The van der Waals surface area contributed by atoms with Crippen LogP contribution in [0.2, 0.25) is 5.02 Å². The SMILES string of the molecule is CCOC(=O)C1CCN(c2ncc(C(=O)Nc3nc(-c4cc(Cl)cs4)c(COC(C)=O)s3)cc2F)CC1. The quantitative estimate of drug-likeness (QED) is 0.373. The molecule has 9 nitrogen and oxygen atoms in total. The zero-order chi connectivity index (χ0) is 26.5. The fourth-order valence-corrected chi connectivity index (χ4v) is 5.88. The van der Waals surface area contributed by atoms with Crippen LogP contribution in [0.5, 0.6) is 0 Å². The molecular formula is C24H24ClFN4O5S2. The van der Waals surface area contributed by atoms with Gasteiger partial charge < -0.3 is 14.4 Å². The van der Waals surface area contributed by atoms with Crippen LogP contribution in [0.1, 0.15) is 41.9 Å². The summed E-state index contributed by atoms with van der Waals surface area (Å²) in [5.74, 6) is -1.96. The van der Waals surface area contributed by atoms with Gasteiger partial charge in [0.05, 0.1) is 32.9 Å². The number of pyridine rings is 1. The third-order valence-corrected chi connectivity index (χ3v) is 7.85. The van der Waals surface area contributed by atoms with Gasteiger partial charge in [-0.05, 0) is 31.9 Å². The molecule has 0 unspecified atom stereocenters. The number of nitrogens with zero attached hydrogens (tertiary/aromatic N) is 3. The number of aromatic nitrogens is 2. The summed E-state index contributed by atoms with van der Waals surface area (Å²) in [6.07, 6.45) is 2.39. The number of thiazole rings is 1. The van der Waals surface area contributed by atoms with Crippen molar-refractivity contribution in [2.45, 2.75) is 33.3 Å². The lowest BCUT2D eigenvalue weighted by Gasteiger charge is -2.31. The van der Waals surface area contributed by atoms with Gasteiger partial charge in [0.2, 0.25) is 0 Å². The lowest BCUT2D eigenvalue weighted by molar-refractivity contribution is -0.148. The predicted octanol–water partition coefficient (Wildman–Crippen LogP) is 5.15. The highest BCUT2D eigenvalue weighted by Gasteiger charge is 2.28. The molecule has 13 heteroatoms. The van der Waals surface area contributed by atoms with E-state index in [1.807, 2.05) is 0 Å². The molecule has 1 N–H and O–H groups in total. The van der Waals surface area contributed by atoms with Crippen LogP contribution in [-0.2, 0) is 25.7 Å². The standard InChI is InChI=1S/C24H24ClFN4O5S2/c1-3-34-23(33)14-4-6-30(7-5-14)21-17(26)8-15(10-27-21)22(32)29-24-28-20(18-9-16(25)12-36-18)19(37-24)11-35-13(2)31/h8-10,12,14H,3-7,11H2,1-2H3,(H,28,29,32). The number of amides is 1. The van der Waals surface area contributed by atoms with Crippen LogP contribution in [0.3, 0.4) is 0 Å². The first-order valence-electron chi connectivity index (χ1n) is 11.5. The number of thiophene rings is 1. The number of hydrogen-bond acceptors (Lipinski definition) is 10. The van der Waals surface area contributed by atoms with Crippen molar-refractivity contribution >= 4 is 63.1 Å².